The van der Waals surface area contributed by atoms with Gasteiger partial charge in [0.1, 0.15) is 35.5 Å². The molecule has 3 aromatic rings. The van der Waals surface area contributed by atoms with E-state index in [1.807, 2.05) is 105 Å². The van der Waals surface area contributed by atoms with Crippen molar-refractivity contribution in [3.05, 3.63) is 102 Å². The van der Waals surface area contributed by atoms with Gasteiger partial charge in [-0.25, -0.2) is 4.79 Å². The molecule has 0 radical (unpaired) electrons. The first-order valence-corrected chi connectivity index (χ1v) is 26.5. The van der Waals surface area contributed by atoms with E-state index in [9.17, 15) is 24.0 Å². The van der Waals surface area contributed by atoms with E-state index >= 15 is 0 Å². The molecule has 0 saturated carbocycles. The fourth-order valence-corrected chi connectivity index (χ4v) is 7.64. The van der Waals surface area contributed by atoms with Crippen LogP contribution in [0.5, 0.6) is 5.75 Å². The van der Waals surface area contributed by atoms with Gasteiger partial charge in [0.2, 0.25) is 34.4 Å². The Morgan fingerprint density at radius 1 is 0.621 bits per heavy atom. The number of amides is 4. The van der Waals surface area contributed by atoms with E-state index in [2.05, 4.69) is 25.0 Å². The minimum Gasteiger partial charge on any atom is -0.544 e. The topological polar surface area (TPSA) is 135 Å². The normalized spacial score (nSPS) is 13.9. The quantitative estimate of drug-likeness (QED) is 0.149. The molecule has 0 aliphatic carbocycles. The van der Waals surface area contributed by atoms with E-state index in [1.54, 1.807) is 27.7 Å². The molecule has 0 heterocycles. The fraction of sp³-hybridized carbons (Fsp3) is 0.477. The zero-order valence-corrected chi connectivity index (χ0v) is 38.6. The highest BCUT2D eigenvalue weighted by atomic mass is 28.4. The van der Waals surface area contributed by atoms with Crippen LogP contribution < -0.4 is 9.74 Å². The maximum absolute atomic E-state index is 14.6. The van der Waals surface area contributed by atoms with Crippen LogP contribution in [-0.2, 0) is 47.6 Å². The van der Waals surface area contributed by atoms with Gasteiger partial charge in [-0.2, -0.15) is 0 Å². The number of carbonyl (C=O) groups is 5. The average Bonchev–Trinajstić information content (AvgIpc) is 3.13. The van der Waals surface area contributed by atoms with Crippen LogP contribution in [0.4, 0.5) is 4.79 Å². The van der Waals surface area contributed by atoms with Crippen molar-refractivity contribution in [2.75, 3.05) is 21.1 Å². The lowest BCUT2D eigenvalue weighted by Crippen LogP contribution is -2.59. The molecule has 0 spiro atoms. The Labute approximate surface area is 347 Å². The number of hydrogen-bond acceptors (Lipinski definition) is 8. The van der Waals surface area contributed by atoms with Crippen molar-refractivity contribution in [3.8, 4) is 5.75 Å². The van der Waals surface area contributed by atoms with Crippen molar-refractivity contribution in [2.45, 2.75) is 116 Å². The van der Waals surface area contributed by atoms with Crippen molar-refractivity contribution in [1.82, 2.24) is 20.0 Å². The number of hydrogen-bond donors (Lipinski definition) is 1. The van der Waals surface area contributed by atoms with Crippen LogP contribution >= 0.6 is 0 Å². The van der Waals surface area contributed by atoms with Gasteiger partial charge in [0.15, 0.2) is 0 Å². The first-order valence-electron chi connectivity index (χ1n) is 19.7. The van der Waals surface area contributed by atoms with Crippen LogP contribution in [0.2, 0.25) is 39.3 Å². The Hall–Kier alpha value is -4.96. The molecular formula is C44H64N4O8Si2. The summed E-state index contributed by atoms with van der Waals surface area (Å²) in [4.78, 5) is 74.0. The highest BCUT2D eigenvalue weighted by Gasteiger charge is 2.39. The fourth-order valence-electron chi connectivity index (χ4n) is 6.05. The van der Waals surface area contributed by atoms with Gasteiger partial charge in [-0.1, -0.05) is 72.8 Å². The molecule has 0 bridgehead atoms. The van der Waals surface area contributed by atoms with Crippen molar-refractivity contribution in [3.63, 3.8) is 0 Å². The van der Waals surface area contributed by atoms with E-state index < -0.39 is 76.2 Å². The minimum absolute atomic E-state index is 0.136. The van der Waals surface area contributed by atoms with Crippen molar-refractivity contribution in [1.29, 1.82) is 0 Å². The number of carbonyl (C=O) groups excluding carboxylic acids is 5. The molecule has 0 fully saturated rings. The molecule has 4 amide bonds. The maximum atomic E-state index is 14.6. The van der Waals surface area contributed by atoms with Crippen LogP contribution in [0.25, 0.3) is 0 Å². The number of rotatable bonds is 17. The average molecular weight is 833 g/mol. The highest BCUT2D eigenvalue weighted by Crippen LogP contribution is 2.21. The third kappa shape index (κ3) is 15.1. The van der Waals surface area contributed by atoms with Gasteiger partial charge in [0.05, 0.1) is 0 Å². The largest absolute Gasteiger partial charge is 0.544 e. The summed E-state index contributed by atoms with van der Waals surface area (Å²) in [5, 5.41) is 2.86. The van der Waals surface area contributed by atoms with E-state index in [4.69, 9.17) is 13.6 Å². The standard InChI is InChI=1S/C44H64N4O8Si2/c1-31(39(49)45-36(42(52)56-58(11,12)13)28-34-24-26-35(27-25-34)55-57(8,9)10)46(5)40(50)37(29-32-20-16-14-17-21-32)47(6)41(51)38(30-33-22-18-15-19-23-33)48(7)43(53)54-44(2,3)4/h14-27,31,36-38H,28-30H2,1-13H3,(H,45,49)/t31-,36-,37-,38-/m0/s1. The molecule has 0 saturated heterocycles. The lowest BCUT2D eigenvalue weighted by atomic mass is 9.99. The maximum Gasteiger partial charge on any atom is 0.410 e. The van der Waals surface area contributed by atoms with Crippen LogP contribution in [0.1, 0.15) is 44.4 Å². The number of likely N-dealkylation sites (N-methyl/N-ethyl adjacent to an activating group) is 3. The van der Waals surface area contributed by atoms with E-state index in [-0.39, 0.29) is 19.3 Å². The highest BCUT2D eigenvalue weighted by molar-refractivity contribution is 6.71. The summed E-state index contributed by atoms with van der Waals surface area (Å²) in [5.41, 5.74) is 1.60. The molecule has 0 aliphatic heterocycles. The van der Waals surface area contributed by atoms with Gasteiger partial charge in [0, 0.05) is 40.4 Å². The van der Waals surface area contributed by atoms with E-state index in [0.717, 1.165) is 22.4 Å². The summed E-state index contributed by atoms with van der Waals surface area (Å²) in [5.74, 6) is -1.36. The lowest BCUT2D eigenvalue weighted by molar-refractivity contribution is -0.149. The zero-order chi connectivity index (χ0) is 43.6. The molecule has 12 nitrogen and oxygen atoms in total. The first-order chi connectivity index (χ1) is 26.8. The molecule has 0 unspecified atom stereocenters. The van der Waals surface area contributed by atoms with E-state index in [0.29, 0.717) is 0 Å². The third-order valence-electron chi connectivity index (χ3n) is 9.18. The van der Waals surface area contributed by atoms with Crippen LogP contribution in [0, 0.1) is 0 Å². The van der Waals surface area contributed by atoms with Gasteiger partial charge >= 0.3 is 12.1 Å². The molecule has 0 aromatic heterocycles. The number of benzene rings is 3. The number of nitrogens with one attached hydrogen (secondary N) is 1. The van der Waals surface area contributed by atoms with Crippen LogP contribution in [0.3, 0.4) is 0 Å². The summed E-state index contributed by atoms with van der Waals surface area (Å²) in [6.07, 6.45) is -0.211. The second-order valence-electron chi connectivity index (χ2n) is 17.7. The Morgan fingerprint density at radius 3 is 1.52 bits per heavy atom. The first kappa shape index (κ1) is 47.4. The van der Waals surface area contributed by atoms with Gasteiger partial charge in [-0.15, -0.1) is 0 Å². The minimum atomic E-state index is -2.34. The number of nitrogens with zero attached hydrogens (tertiary/aromatic N) is 3. The Bertz CT molecular complexity index is 1840. The molecule has 316 valence electrons. The SMILES string of the molecule is C[C@@H](C(=O)N[C@@H](Cc1ccc(O[Si](C)(C)C)cc1)C(=O)O[Si](C)(C)C)N(C)C(=O)[C@H](Cc1ccccc1)N(C)C(=O)[C@H](Cc1ccccc1)N(C)C(=O)OC(C)(C)C. The molecule has 58 heavy (non-hydrogen) atoms. The molecular weight excluding hydrogens is 769 g/mol. The second kappa shape index (κ2) is 20.1. The summed E-state index contributed by atoms with van der Waals surface area (Å²) in [6, 6.07) is 21.9. The number of ether oxygens (including phenoxy) is 1. The molecule has 14 heteroatoms. The van der Waals surface area contributed by atoms with Crippen LogP contribution in [-0.4, -0.2) is 112 Å². The third-order valence-corrected chi connectivity index (χ3v) is 10.8. The van der Waals surface area contributed by atoms with Crippen molar-refractivity contribution >= 4 is 46.4 Å². The monoisotopic (exact) mass is 832 g/mol. The van der Waals surface area contributed by atoms with Crippen molar-refractivity contribution < 1.29 is 37.6 Å². The Kier molecular flexibility index (Phi) is 16.5. The summed E-state index contributed by atoms with van der Waals surface area (Å²) in [7, 11) is 0.381. The lowest BCUT2D eigenvalue weighted by Gasteiger charge is -2.37. The summed E-state index contributed by atoms with van der Waals surface area (Å²) in [6.45, 7) is 18.8. The predicted octanol–water partition coefficient (Wildman–Crippen LogP) is 6.70. The zero-order valence-electron chi connectivity index (χ0n) is 36.6. The van der Waals surface area contributed by atoms with E-state index in [1.165, 1.54) is 35.8 Å². The molecule has 0 aliphatic rings. The second-order valence-corrected chi connectivity index (χ2v) is 26.6. The Balaban J connectivity index is 1.93. The molecule has 3 aromatic carbocycles. The summed E-state index contributed by atoms with van der Waals surface area (Å²) >= 11 is 0. The Morgan fingerprint density at radius 2 is 1.07 bits per heavy atom. The molecule has 3 rings (SSSR count). The van der Waals surface area contributed by atoms with Crippen molar-refractivity contribution in [2.24, 2.45) is 0 Å². The van der Waals surface area contributed by atoms with Gasteiger partial charge in [0.25, 0.3) is 0 Å². The molecule has 1 N–H and O–H groups in total. The van der Waals surface area contributed by atoms with Gasteiger partial charge in [-0.05, 0) is 95.8 Å². The molecule has 4 atom stereocenters. The smallest absolute Gasteiger partial charge is 0.410 e. The van der Waals surface area contributed by atoms with Crippen LogP contribution in [0.15, 0.2) is 84.9 Å². The van der Waals surface area contributed by atoms with Gasteiger partial charge in [-0.3, -0.25) is 24.1 Å². The summed E-state index contributed by atoms with van der Waals surface area (Å²) < 4.78 is 17.6. The predicted molar refractivity (Wildman–Crippen MR) is 232 cm³/mol. The van der Waals surface area contributed by atoms with Gasteiger partial charge < -0.3 is 28.7 Å².